The maximum absolute atomic E-state index is 6.33. The molecule has 1 aromatic carbocycles. The summed E-state index contributed by atoms with van der Waals surface area (Å²) in [6.45, 7) is 7.33. The molecule has 0 amide bonds. The molecule has 0 radical (unpaired) electrons. The lowest BCUT2D eigenvalue weighted by Crippen LogP contribution is -2.40. The summed E-state index contributed by atoms with van der Waals surface area (Å²) in [6.07, 6.45) is 2.64. The van der Waals surface area contributed by atoms with Crippen LogP contribution in [-0.4, -0.2) is 17.5 Å². The minimum absolute atomic E-state index is 0.553. The third-order valence-electron chi connectivity index (χ3n) is 3.97. The Balaban J connectivity index is 2.08. The van der Waals surface area contributed by atoms with Crippen LogP contribution in [0.2, 0.25) is 5.02 Å². The minimum Gasteiger partial charge on any atom is -0.326 e. The number of benzene rings is 1. The summed E-state index contributed by atoms with van der Waals surface area (Å²) < 4.78 is 0. The Morgan fingerprint density at radius 2 is 2.11 bits per heavy atom. The SMILES string of the molecule is CC1CCC(C)N(Cc2ccc(CN)cc2Cl)C1. The highest BCUT2D eigenvalue weighted by Gasteiger charge is 2.23. The van der Waals surface area contributed by atoms with Crippen molar-refractivity contribution in [3.05, 3.63) is 34.3 Å². The Morgan fingerprint density at radius 3 is 2.78 bits per heavy atom. The summed E-state index contributed by atoms with van der Waals surface area (Å²) >= 11 is 6.33. The Labute approximate surface area is 115 Å². The largest absolute Gasteiger partial charge is 0.326 e. The van der Waals surface area contributed by atoms with Crippen molar-refractivity contribution in [1.82, 2.24) is 4.90 Å². The van der Waals surface area contributed by atoms with Crippen molar-refractivity contribution in [2.75, 3.05) is 6.54 Å². The molecule has 18 heavy (non-hydrogen) atoms. The molecule has 2 atom stereocenters. The Kier molecular flexibility index (Phi) is 4.66. The molecule has 1 aliphatic rings. The molecule has 0 aliphatic carbocycles. The first-order valence-electron chi connectivity index (χ1n) is 6.81. The fourth-order valence-electron chi connectivity index (χ4n) is 2.67. The van der Waals surface area contributed by atoms with Crippen LogP contribution in [0.4, 0.5) is 0 Å². The van der Waals surface area contributed by atoms with Gasteiger partial charge in [0.15, 0.2) is 0 Å². The van der Waals surface area contributed by atoms with Gasteiger partial charge in [-0.15, -0.1) is 0 Å². The second-order valence-electron chi connectivity index (χ2n) is 5.59. The number of hydrogen-bond donors (Lipinski definition) is 1. The quantitative estimate of drug-likeness (QED) is 0.908. The number of halogens is 1. The van der Waals surface area contributed by atoms with Gasteiger partial charge in [-0.2, -0.15) is 0 Å². The van der Waals surface area contributed by atoms with Crippen LogP contribution in [0.25, 0.3) is 0 Å². The van der Waals surface area contributed by atoms with Gasteiger partial charge in [-0.1, -0.05) is 30.7 Å². The maximum atomic E-state index is 6.33. The molecular weight excluding hydrogens is 244 g/mol. The van der Waals surface area contributed by atoms with E-state index in [9.17, 15) is 0 Å². The third-order valence-corrected chi connectivity index (χ3v) is 4.33. The van der Waals surface area contributed by atoms with Crippen LogP contribution in [0.5, 0.6) is 0 Å². The molecule has 1 heterocycles. The highest BCUT2D eigenvalue weighted by Crippen LogP contribution is 2.26. The average molecular weight is 267 g/mol. The first-order valence-corrected chi connectivity index (χ1v) is 7.19. The molecule has 3 heteroatoms. The van der Waals surface area contributed by atoms with Gasteiger partial charge >= 0.3 is 0 Å². The van der Waals surface area contributed by atoms with Crippen LogP contribution < -0.4 is 5.73 Å². The number of rotatable bonds is 3. The fourth-order valence-corrected chi connectivity index (χ4v) is 2.93. The molecular formula is C15H23ClN2. The summed E-state index contributed by atoms with van der Waals surface area (Å²) in [5.41, 5.74) is 7.94. The molecule has 0 aromatic heterocycles. The third kappa shape index (κ3) is 3.25. The number of hydrogen-bond acceptors (Lipinski definition) is 2. The summed E-state index contributed by atoms with van der Waals surface area (Å²) in [6, 6.07) is 6.86. The van der Waals surface area contributed by atoms with Gasteiger partial charge in [0.05, 0.1) is 0 Å². The molecule has 1 aliphatic heterocycles. The molecule has 0 saturated carbocycles. The zero-order valence-electron chi connectivity index (χ0n) is 11.3. The molecule has 0 spiro atoms. The van der Waals surface area contributed by atoms with E-state index in [4.69, 9.17) is 17.3 Å². The second-order valence-corrected chi connectivity index (χ2v) is 6.00. The molecule has 1 fully saturated rings. The van der Waals surface area contributed by atoms with E-state index in [1.807, 2.05) is 6.07 Å². The minimum atomic E-state index is 0.553. The fraction of sp³-hybridized carbons (Fsp3) is 0.600. The second kappa shape index (κ2) is 6.05. The van der Waals surface area contributed by atoms with E-state index in [0.717, 1.165) is 23.0 Å². The molecule has 100 valence electrons. The van der Waals surface area contributed by atoms with Gasteiger partial charge in [0.25, 0.3) is 0 Å². The maximum Gasteiger partial charge on any atom is 0.0454 e. The van der Waals surface area contributed by atoms with Crippen LogP contribution >= 0.6 is 11.6 Å². The Bertz CT molecular complexity index is 405. The zero-order chi connectivity index (χ0) is 13.1. The van der Waals surface area contributed by atoms with Gasteiger partial charge in [-0.25, -0.2) is 0 Å². The van der Waals surface area contributed by atoms with Gasteiger partial charge < -0.3 is 5.73 Å². The van der Waals surface area contributed by atoms with E-state index in [0.29, 0.717) is 12.6 Å². The van der Waals surface area contributed by atoms with Crippen molar-refractivity contribution < 1.29 is 0 Å². The topological polar surface area (TPSA) is 29.3 Å². The van der Waals surface area contributed by atoms with Gasteiger partial charge in [-0.05, 0) is 42.9 Å². The van der Waals surface area contributed by atoms with Crippen molar-refractivity contribution in [3.63, 3.8) is 0 Å². The zero-order valence-corrected chi connectivity index (χ0v) is 12.1. The Morgan fingerprint density at radius 1 is 1.33 bits per heavy atom. The van der Waals surface area contributed by atoms with E-state index in [1.54, 1.807) is 0 Å². The van der Waals surface area contributed by atoms with Crippen molar-refractivity contribution in [2.45, 2.75) is 45.8 Å². The van der Waals surface area contributed by atoms with Crippen molar-refractivity contribution >= 4 is 11.6 Å². The van der Waals surface area contributed by atoms with Gasteiger partial charge in [0.2, 0.25) is 0 Å². The number of nitrogens with two attached hydrogens (primary N) is 1. The van der Waals surface area contributed by atoms with E-state index >= 15 is 0 Å². The van der Waals surface area contributed by atoms with Crippen LogP contribution in [0.15, 0.2) is 18.2 Å². The van der Waals surface area contributed by atoms with Gasteiger partial charge in [0, 0.05) is 30.7 Å². The summed E-state index contributed by atoms with van der Waals surface area (Å²) in [4.78, 5) is 2.54. The van der Waals surface area contributed by atoms with E-state index in [1.165, 1.54) is 24.9 Å². The van der Waals surface area contributed by atoms with Crippen LogP contribution in [0, 0.1) is 5.92 Å². The molecule has 1 saturated heterocycles. The summed E-state index contributed by atoms with van der Waals surface area (Å²) in [5, 5.41) is 0.850. The normalized spacial score (nSPS) is 25.3. The van der Waals surface area contributed by atoms with Crippen molar-refractivity contribution in [3.8, 4) is 0 Å². The predicted molar refractivity (Wildman–Crippen MR) is 77.6 cm³/mol. The lowest BCUT2D eigenvalue weighted by molar-refractivity contribution is 0.117. The van der Waals surface area contributed by atoms with Crippen molar-refractivity contribution in [1.29, 1.82) is 0 Å². The van der Waals surface area contributed by atoms with E-state index in [2.05, 4.69) is 30.9 Å². The Hall–Kier alpha value is -0.570. The van der Waals surface area contributed by atoms with Crippen LogP contribution in [0.3, 0.4) is 0 Å². The molecule has 2 nitrogen and oxygen atoms in total. The summed E-state index contributed by atoms with van der Waals surface area (Å²) in [5.74, 6) is 0.795. The van der Waals surface area contributed by atoms with Gasteiger partial charge in [-0.3, -0.25) is 4.90 Å². The summed E-state index contributed by atoms with van der Waals surface area (Å²) in [7, 11) is 0. The first kappa shape index (κ1) is 13.9. The standard InChI is InChI=1S/C15H23ClN2/c1-11-3-4-12(2)18(9-11)10-14-6-5-13(8-17)7-15(14)16/h5-7,11-12H,3-4,8-10,17H2,1-2H3. The molecule has 1 aromatic rings. The molecule has 2 unspecified atom stereocenters. The monoisotopic (exact) mass is 266 g/mol. The molecule has 2 N–H and O–H groups in total. The molecule has 0 bridgehead atoms. The van der Waals surface area contributed by atoms with Crippen LogP contribution in [-0.2, 0) is 13.1 Å². The number of likely N-dealkylation sites (tertiary alicyclic amines) is 1. The van der Waals surface area contributed by atoms with Crippen molar-refractivity contribution in [2.24, 2.45) is 11.7 Å². The highest BCUT2D eigenvalue weighted by molar-refractivity contribution is 6.31. The predicted octanol–water partition coefficient (Wildman–Crippen LogP) is 3.42. The van der Waals surface area contributed by atoms with E-state index < -0.39 is 0 Å². The number of piperidine rings is 1. The molecule has 2 rings (SSSR count). The highest BCUT2D eigenvalue weighted by atomic mass is 35.5. The lowest BCUT2D eigenvalue weighted by atomic mass is 9.94. The first-order chi connectivity index (χ1) is 8.60. The van der Waals surface area contributed by atoms with Gasteiger partial charge in [0.1, 0.15) is 0 Å². The van der Waals surface area contributed by atoms with Crippen LogP contribution in [0.1, 0.15) is 37.8 Å². The van der Waals surface area contributed by atoms with E-state index in [-0.39, 0.29) is 0 Å². The number of nitrogens with zero attached hydrogens (tertiary/aromatic N) is 1. The average Bonchev–Trinajstić information content (AvgIpc) is 2.36. The lowest BCUT2D eigenvalue weighted by Gasteiger charge is -2.37. The smallest absolute Gasteiger partial charge is 0.0454 e.